The maximum absolute atomic E-state index is 12.1. The van der Waals surface area contributed by atoms with E-state index >= 15 is 0 Å². The second-order valence-corrected chi connectivity index (χ2v) is 5.40. The van der Waals surface area contributed by atoms with Crippen LogP contribution in [0, 0.1) is 11.7 Å². The van der Waals surface area contributed by atoms with Gasteiger partial charge in [-0.05, 0) is 31.3 Å². The number of H-pyrrole nitrogens is 1. The van der Waals surface area contributed by atoms with Crippen molar-refractivity contribution in [3.63, 3.8) is 0 Å². The third-order valence-electron chi connectivity index (χ3n) is 3.61. The molecule has 1 aliphatic rings. The molecule has 5 nitrogen and oxygen atoms in total. The molecule has 0 saturated heterocycles. The quantitative estimate of drug-likeness (QED) is 0.789. The summed E-state index contributed by atoms with van der Waals surface area (Å²) < 4.78 is 2.24. The number of anilines is 2. The minimum Gasteiger partial charge on any atom is -0.354 e. The summed E-state index contributed by atoms with van der Waals surface area (Å²) in [6.45, 7) is 3.29. The standard InChI is InChI=1S/C14H16N4OS/c1-9-3-5-10(6-4-9)18-7-11-12(15-8-18)17(2)14(20)16-13(11)19/h3-6,15H,7-8H2,1-2H3,(H,16,19,20). The molecule has 1 aromatic carbocycles. The summed E-state index contributed by atoms with van der Waals surface area (Å²) >= 11 is 5.12. The van der Waals surface area contributed by atoms with Crippen LogP contribution in [0.2, 0.25) is 0 Å². The Balaban J connectivity index is 2.00. The van der Waals surface area contributed by atoms with Crippen molar-refractivity contribution in [3.8, 4) is 0 Å². The van der Waals surface area contributed by atoms with Gasteiger partial charge in [0.1, 0.15) is 5.82 Å². The third-order valence-corrected chi connectivity index (χ3v) is 3.98. The molecule has 0 atom stereocenters. The fraction of sp³-hybridized carbons (Fsp3) is 0.286. The number of aryl methyl sites for hydroxylation is 1. The topological polar surface area (TPSA) is 53.1 Å². The number of aromatic amines is 1. The zero-order valence-electron chi connectivity index (χ0n) is 11.4. The number of aromatic nitrogens is 2. The number of hydrogen-bond donors (Lipinski definition) is 2. The first kappa shape index (κ1) is 12.9. The van der Waals surface area contributed by atoms with Crippen molar-refractivity contribution in [2.45, 2.75) is 13.5 Å². The van der Waals surface area contributed by atoms with Crippen molar-refractivity contribution in [1.82, 2.24) is 9.55 Å². The van der Waals surface area contributed by atoms with Gasteiger partial charge in [0.15, 0.2) is 4.77 Å². The average Bonchev–Trinajstić information content (AvgIpc) is 2.45. The van der Waals surface area contributed by atoms with Crippen LogP contribution in [0.25, 0.3) is 0 Å². The van der Waals surface area contributed by atoms with Crippen molar-refractivity contribution in [3.05, 3.63) is 50.5 Å². The molecule has 2 aromatic rings. The minimum absolute atomic E-state index is 0.118. The van der Waals surface area contributed by atoms with E-state index in [9.17, 15) is 4.79 Å². The van der Waals surface area contributed by atoms with Gasteiger partial charge in [-0.25, -0.2) is 0 Å². The molecule has 0 spiro atoms. The van der Waals surface area contributed by atoms with Crippen molar-refractivity contribution < 1.29 is 0 Å². The Morgan fingerprint density at radius 1 is 1.25 bits per heavy atom. The number of fused-ring (bicyclic) bond motifs is 1. The second-order valence-electron chi connectivity index (χ2n) is 5.01. The highest BCUT2D eigenvalue weighted by Crippen LogP contribution is 2.23. The number of benzene rings is 1. The van der Waals surface area contributed by atoms with E-state index < -0.39 is 0 Å². The first-order valence-corrected chi connectivity index (χ1v) is 6.85. The number of hydrogen-bond acceptors (Lipinski definition) is 4. The highest BCUT2D eigenvalue weighted by atomic mass is 32.1. The van der Waals surface area contributed by atoms with Gasteiger partial charge in [0.25, 0.3) is 5.56 Å². The molecule has 2 heterocycles. The molecule has 0 radical (unpaired) electrons. The van der Waals surface area contributed by atoms with Gasteiger partial charge >= 0.3 is 0 Å². The third kappa shape index (κ3) is 2.12. The highest BCUT2D eigenvalue weighted by molar-refractivity contribution is 7.71. The lowest BCUT2D eigenvalue weighted by Crippen LogP contribution is -2.39. The lowest BCUT2D eigenvalue weighted by molar-refractivity contribution is 0.730. The minimum atomic E-state index is -0.118. The van der Waals surface area contributed by atoms with Gasteiger partial charge in [-0.1, -0.05) is 17.7 Å². The largest absolute Gasteiger partial charge is 0.354 e. The Labute approximate surface area is 121 Å². The van der Waals surface area contributed by atoms with Crippen LogP contribution in [0.5, 0.6) is 0 Å². The van der Waals surface area contributed by atoms with E-state index in [1.165, 1.54) is 5.56 Å². The number of rotatable bonds is 1. The maximum atomic E-state index is 12.1. The molecular weight excluding hydrogens is 272 g/mol. The van der Waals surface area contributed by atoms with Crippen LogP contribution in [0.3, 0.4) is 0 Å². The number of nitrogens with one attached hydrogen (secondary N) is 2. The molecule has 2 N–H and O–H groups in total. The molecule has 1 aliphatic heterocycles. The monoisotopic (exact) mass is 288 g/mol. The van der Waals surface area contributed by atoms with Crippen molar-refractivity contribution >= 4 is 23.7 Å². The van der Waals surface area contributed by atoms with Gasteiger partial charge in [-0.15, -0.1) is 0 Å². The molecule has 104 valence electrons. The van der Waals surface area contributed by atoms with Gasteiger partial charge < -0.3 is 14.8 Å². The van der Waals surface area contributed by atoms with Crippen molar-refractivity contribution in [2.24, 2.45) is 7.05 Å². The Morgan fingerprint density at radius 3 is 2.65 bits per heavy atom. The predicted octanol–water partition coefficient (Wildman–Crippen LogP) is 2.14. The van der Waals surface area contributed by atoms with Gasteiger partial charge in [0, 0.05) is 12.7 Å². The molecule has 0 bridgehead atoms. The zero-order valence-corrected chi connectivity index (χ0v) is 12.3. The average molecular weight is 288 g/mol. The maximum Gasteiger partial charge on any atom is 0.258 e. The van der Waals surface area contributed by atoms with Gasteiger partial charge in [0.2, 0.25) is 0 Å². The lowest BCUT2D eigenvalue weighted by Gasteiger charge is -2.32. The van der Waals surface area contributed by atoms with Crippen LogP contribution < -0.4 is 15.8 Å². The fourth-order valence-electron chi connectivity index (χ4n) is 2.40. The number of nitrogens with zero attached hydrogens (tertiary/aromatic N) is 2. The fourth-order valence-corrected chi connectivity index (χ4v) is 2.58. The van der Waals surface area contributed by atoms with E-state index in [2.05, 4.69) is 46.4 Å². The Hall–Kier alpha value is -2.08. The SMILES string of the molecule is Cc1ccc(N2CNc3c(c(=O)[nH]c(=S)n3C)C2)cc1. The normalized spacial score (nSPS) is 13.8. The van der Waals surface area contributed by atoms with E-state index in [-0.39, 0.29) is 5.56 Å². The molecule has 0 saturated carbocycles. The van der Waals surface area contributed by atoms with Gasteiger partial charge in [-0.3, -0.25) is 9.78 Å². The van der Waals surface area contributed by atoms with Crippen LogP contribution in [0.1, 0.15) is 11.1 Å². The Morgan fingerprint density at radius 2 is 1.95 bits per heavy atom. The van der Waals surface area contributed by atoms with E-state index in [0.29, 0.717) is 23.5 Å². The Bertz CT molecular complexity index is 760. The summed E-state index contributed by atoms with van der Waals surface area (Å²) in [5.41, 5.74) is 2.91. The highest BCUT2D eigenvalue weighted by Gasteiger charge is 2.20. The molecule has 6 heteroatoms. The van der Waals surface area contributed by atoms with Crippen molar-refractivity contribution in [1.29, 1.82) is 0 Å². The summed E-state index contributed by atoms with van der Waals surface area (Å²) in [4.78, 5) is 16.9. The molecule has 0 amide bonds. The molecule has 3 rings (SSSR count). The van der Waals surface area contributed by atoms with Crippen LogP contribution in [-0.2, 0) is 13.6 Å². The van der Waals surface area contributed by atoms with Crippen LogP contribution in [0.4, 0.5) is 11.5 Å². The first-order chi connectivity index (χ1) is 9.56. The van der Waals surface area contributed by atoms with E-state index in [0.717, 1.165) is 11.5 Å². The van der Waals surface area contributed by atoms with Crippen molar-refractivity contribution in [2.75, 3.05) is 16.9 Å². The molecule has 0 fully saturated rings. The van der Waals surface area contributed by atoms with Crippen LogP contribution in [-0.4, -0.2) is 16.2 Å². The molecule has 0 aliphatic carbocycles. The Kier molecular flexibility index (Phi) is 3.10. The lowest BCUT2D eigenvalue weighted by atomic mass is 10.2. The van der Waals surface area contributed by atoms with Gasteiger partial charge in [-0.2, -0.15) is 0 Å². The van der Waals surface area contributed by atoms with E-state index in [4.69, 9.17) is 12.2 Å². The predicted molar refractivity (Wildman–Crippen MR) is 82.7 cm³/mol. The molecular formula is C14H16N4OS. The first-order valence-electron chi connectivity index (χ1n) is 6.44. The zero-order chi connectivity index (χ0) is 14.3. The second kappa shape index (κ2) is 4.79. The van der Waals surface area contributed by atoms with Crippen LogP contribution >= 0.6 is 12.2 Å². The van der Waals surface area contributed by atoms with Crippen LogP contribution in [0.15, 0.2) is 29.1 Å². The molecule has 20 heavy (non-hydrogen) atoms. The van der Waals surface area contributed by atoms with E-state index in [1.807, 2.05) is 7.05 Å². The summed E-state index contributed by atoms with van der Waals surface area (Å²) in [5.74, 6) is 0.808. The van der Waals surface area contributed by atoms with E-state index in [1.54, 1.807) is 4.57 Å². The summed E-state index contributed by atoms with van der Waals surface area (Å²) in [5, 5.41) is 3.28. The summed E-state index contributed by atoms with van der Waals surface area (Å²) in [6, 6.07) is 8.28. The molecule has 1 aromatic heterocycles. The smallest absolute Gasteiger partial charge is 0.258 e. The summed E-state index contributed by atoms with van der Waals surface area (Å²) in [6.07, 6.45) is 0. The summed E-state index contributed by atoms with van der Waals surface area (Å²) in [7, 11) is 1.85. The van der Waals surface area contributed by atoms with Gasteiger partial charge in [0.05, 0.1) is 18.8 Å². The molecule has 0 unspecified atom stereocenters.